The highest BCUT2D eigenvalue weighted by Gasteiger charge is 2.50. The Morgan fingerprint density at radius 2 is 1.65 bits per heavy atom. The lowest BCUT2D eigenvalue weighted by Gasteiger charge is -2.47. The molecule has 0 aliphatic carbocycles. The van der Waals surface area contributed by atoms with Gasteiger partial charge in [0.05, 0.1) is 32.0 Å². The minimum absolute atomic E-state index is 0.230. The van der Waals surface area contributed by atoms with E-state index < -0.39 is 80.3 Å². The van der Waals surface area contributed by atoms with E-state index in [9.17, 15) is 35.4 Å². The molecule has 1 amide bonds. The number of carbonyl (C=O) groups is 1. The van der Waals surface area contributed by atoms with E-state index in [0.717, 1.165) is 0 Å². The molecule has 10 unspecified atom stereocenters. The summed E-state index contributed by atoms with van der Waals surface area (Å²) in [5.74, 6) is -0.442. The van der Waals surface area contributed by atoms with Gasteiger partial charge < -0.3 is 54.9 Å². The molecule has 2 aliphatic rings. The number of aliphatic hydroxyl groups excluding tert-OH is 6. The molecule has 0 saturated carbocycles. The quantitative estimate of drug-likeness (QED) is 0.128. The predicted octanol–water partition coefficient (Wildman–Crippen LogP) is -3.61. The number of hydrogen-bond acceptors (Lipinski definition) is 11. The highest BCUT2D eigenvalue weighted by molar-refractivity contribution is 5.73. The number of aliphatic hydroxyl groups is 6. The van der Waals surface area contributed by atoms with Crippen LogP contribution in [0, 0.1) is 0 Å². The summed E-state index contributed by atoms with van der Waals surface area (Å²) >= 11 is 0. The van der Waals surface area contributed by atoms with Gasteiger partial charge in [0.15, 0.2) is 6.29 Å². The summed E-state index contributed by atoms with van der Waals surface area (Å²) in [5, 5.41) is 62.5. The van der Waals surface area contributed by atoms with E-state index in [4.69, 9.17) is 18.9 Å². The van der Waals surface area contributed by atoms with Gasteiger partial charge in [-0.1, -0.05) is 6.08 Å². The summed E-state index contributed by atoms with van der Waals surface area (Å²) in [6, 6.07) is -0.921. The topological polar surface area (TPSA) is 187 Å². The molecule has 0 aromatic heterocycles. The van der Waals surface area contributed by atoms with Crippen LogP contribution in [0.2, 0.25) is 0 Å². The lowest BCUT2D eigenvalue weighted by atomic mass is 9.90. The third-order valence-electron chi connectivity index (χ3n) is 5.29. The van der Waals surface area contributed by atoms with Crippen molar-refractivity contribution in [1.82, 2.24) is 5.32 Å². The van der Waals surface area contributed by atoms with Crippen molar-refractivity contribution in [2.75, 3.05) is 26.4 Å². The molecule has 0 aromatic rings. The maximum atomic E-state index is 11.8. The first kappa shape index (κ1) is 26.1. The van der Waals surface area contributed by atoms with Crippen molar-refractivity contribution in [3.63, 3.8) is 0 Å². The van der Waals surface area contributed by atoms with E-state index in [1.807, 2.05) is 0 Å². The maximum absolute atomic E-state index is 11.8. The zero-order chi connectivity index (χ0) is 23.1. The van der Waals surface area contributed by atoms with E-state index in [1.54, 1.807) is 6.08 Å². The van der Waals surface area contributed by atoms with Crippen molar-refractivity contribution in [3.8, 4) is 0 Å². The zero-order valence-electron chi connectivity index (χ0n) is 17.3. The molecule has 2 rings (SSSR count). The second-order valence-electron chi connectivity index (χ2n) is 7.56. The minimum Gasteiger partial charge on any atom is -0.394 e. The third kappa shape index (κ3) is 6.42. The molecular weight excluding hydrogens is 418 g/mol. The van der Waals surface area contributed by atoms with E-state index in [2.05, 4.69) is 11.9 Å². The molecule has 12 heteroatoms. The van der Waals surface area contributed by atoms with Crippen LogP contribution in [0.3, 0.4) is 0 Å². The van der Waals surface area contributed by atoms with Crippen molar-refractivity contribution in [2.45, 2.75) is 74.5 Å². The normalized spacial score (nSPS) is 41.0. The highest BCUT2D eigenvalue weighted by atomic mass is 16.7. The third-order valence-corrected chi connectivity index (χ3v) is 5.29. The van der Waals surface area contributed by atoms with Gasteiger partial charge in [-0.15, -0.1) is 6.58 Å². The lowest BCUT2D eigenvalue weighted by Crippen LogP contribution is -2.67. The van der Waals surface area contributed by atoms with Gasteiger partial charge in [0, 0.05) is 13.5 Å². The van der Waals surface area contributed by atoms with Crippen LogP contribution in [0.25, 0.3) is 0 Å². The molecule has 0 radical (unpaired) electrons. The first-order valence-electron chi connectivity index (χ1n) is 10.1. The summed E-state index contributed by atoms with van der Waals surface area (Å²) in [5.41, 5.74) is 0. The molecule has 2 fully saturated rings. The molecule has 2 heterocycles. The Balaban J connectivity index is 2.23. The van der Waals surface area contributed by atoms with E-state index >= 15 is 0 Å². The predicted molar refractivity (Wildman–Crippen MR) is 104 cm³/mol. The second-order valence-corrected chi connectivity index (χ2v) is 7.56. The van der Waals surface area contributed by atoms with Gasteiger partial charge in [0.25, 0.3) is 0 Å². The average Bonchev–Trinajstić information content (AvgIpc) is 2.74. The van der Waals surface area contributed by atoms with Crippen LogP contribution < -0.4 is 5.32 Å². The van der Waals surface area contributed by atoms with Crippen LogP contribution in [-0.4, -0.2) is 124 Å². The van der Waals surface area contributed by atoms with E-state index in [-0.39, 0.29) is 13.0 Å². The Morgan fingerprint density at radius 3 is 2.23 bits per heavy atom. The Hall–Kier alpha value is -1.19. The molecule has 2 saturated heterocycles. The fraction of sp³-hybridized carbons (Fsp3) is 0.842. The number of rotatable bonds is 10. The number of amides is 1. The summed E-state index contributed by atoms with van der Waals surface area (Å²) in [4.78, 5) is 11.8. The standard InChI is InChI=1S/C19H33NO11/c1-3-5-28-6-4-10-13(20-9(2)23)18(15(25)12(8-22)29-10)31-19-17(27)16(26)14(24)11(7-21)30-19/h3,10-19,21-22,24-27H,1,4-8H2,2H3,(H,20,23). The number of ether oxygens (including phenoxy) is 4. The van der Waals surface area contributed by atoms with Crippen molar-refractivity contribution >= 4 is 5.91 Å². The molecule has 7 N–H and O–H groups in total. The number of nitrogens with one attached hydrogen (secondary N) is 1. The molecule has 10 atom stereocenters. The summed E-state index contributed by atoms with van der Waals surface area (Å²) in [6.45, 7) is 4.14. The smallest absolute Gasteiger partial charge is 0.217 e. The molecule has 180 valence electrons. The number of carbonyl (C=O) groups excluding carboxylic acids is 1. The van der Waals surface area contributed by atoms with Crippen LogP contribution >= 0.6 is 0 Å². The molecule has 12 nitrogen and oxygen atoms in total. The van der Waals surface area contributed by atoms with E-state index in [0.29, 0.717) is 6.61 Å². The molecule has 0 bridgehead atoms. The van der Waals surface area contributed by atoms with Gasteiger partial charge in [0.2, 0.25) is 5.91 Å². The van der Waals surface area contributed by atoms with Gasteiger partial charge in [0.1, 0.15) is 42.7 Å². The fourth-order valence-corrected chi connectivity index (χ4v) is 3.70. The van der Waals surface area contributed by atoms with Gasteiger partial charge in [-0.2, -0.15) is 0 Å². The molecule has 0 spiro atoms. The second kappa shape index (κ2) is 12.2. The van der Waals surface area contributed by atoms with Crippen LogP contribution in [0.5, 0.6) is 0 Å². The lowest BCUT2D eigenvalue weighted by molar-refractivity contribution is -0.332. The summed E-state index contributed by atoms with van der Waals surface area (Å²) in [7, 11) is 0. The first-order valence-corrected chi connectivity index (χ1v) is 10.1. The van der Waals surface area contributed by atoms with Crippen LogP contribution in [0.1, 0.15) is 13.3 Å². The minimum atomic E-state index is -1.70. The average molecular weight is 451 g/mol. The molecule has 31 heavy (non-hydrogen) atoms. The summed E-state index contributed by atoms with van der Waals surface area (Å²) < 4.78 is 22.2. The Kier molecular flexibility index (Phi) is 10.2. The zero-order valence-corrected chi connectivity index (χ0v) is 17.3. The summed E-state index contributed by atoms with van der Waals surface area (Å²) in [6.07, 6.45) is -10.3. The van der Waals surface area contributed by atoms with Crippen LogP contribution in [-0.2, 0) is 23.7 Å². The Labute approximate surface area is 180 Å². The molecular formula is C19H33NO11. The Bertz CT molecular complexity index is 577. The van der Waals surface area contributed by atoms with Gasteiger partial charge >= 0.3 is 0 Å². The first-order chi connectivity index (χ1) is 14.7. The van der Waals surface area contributed by atoms with Crippen LogP contribution in [0.4, 0.5) is 0 Å². The maximum Gasteiger partial charge on any atom is 0.217 e. The van der Waals surface area contributed by atoms with E-state index in [1.165, 1.54) is 6.92 Å². The van der Waals surface area contributed by atoms with Crippen molar-refractivity contribution < 1.29 is 54.4 Å². The molecule has 0 aromatic carbocycles. The SMILES string of the molecule is C=CCOCCC1OC(CO)C(O)C(OC2OC(CO)C(O)C(O)C2O)C1NC(C)=O. The van der Waals surface area contributed by atoms with Gasteiger partial charge in [-0.25, -0.2) is 0 Å². The van der Waals surface area contributed by atoms with Crippen molar-refractivity contribution in [3.05, 3.63) is 12.7 Å². The van der Waals surface area contributed by atoms with Gasteiger partial charge in [-0.05, 0) is 6.42 Å². The van der Waals surface area contributed by atoms with Gasteiger partial charge in [-0.3, -0.25) is 4.79 Å². The largest absolute Gasteiger partial charge is 0.394 e. The fourth-order valence-electron chi connectivity index (χ4n) is 3.70. The highest BCUT2D eigenvalue weighted by Crippen LogP contribution is 2.30. The Morgan fingerprint density at radius 1 is 1.00 bits per heavy atom. The number of hydrogen-bond donors (Lipinski definition) is 7. The van der Waals surface area contributed by atoms with Crippen molar-refractivity contribution in [1.29, 1.82) is 0 Å². The van der Waals surface area contributed by atoms with Crippen LogP contribution in [0.15, 0.2) is 12.7 Å². The van der Waals surface area contributed by atoms with Crippen molar-refractivity contribution in [2.24, 2.45) is 0 Å². The molecule has 2 aliphatic heterocycles. The monoisotopic (exact) mass is 451 g/mol.